The lowest BCUT2D eigenvalue weighted by atomic mass is 9.83. The van der Waals surface area contributed by atoms with Gasteiger partial charge in [0.15, 0.2) is 6.04 Å². The zero-order valence-electron chi connectivity index (χ0n) is 10.4. The van der Waals surface area contributed by atoms with Crippen molar-refractivity contribution in [2.45, 2.75) is 31.7 Å². The summed E-state index contributed by atoms with van der Waals surface area (Å²) in [5.41, 5.74) is 0.527. The molecule has 0 spiro atoms. The number of carbonyl (C=O) groups excluding carboxylic acids is 1. The molecule has 0 aromatic heterocycles. The number of amides is 1. The predicted octanol–water partition coefficient (Wildman–Crippen LogP) is 2.77. The van der Waals surface area contributed by atoms with E-state index in [0.717, 1.165) is 19.3 Å². The van der Waals surface area contributed by atoms with Crippen molar-refractivity contribution in [2.24, 2.45) is 5.92 Å². The van der Waals surface area contributed by atoms with Gasteiger partial charge in [-0.15, -0.1) is 0 Å². The van der Waals surface area contributed by atoms with E-state index in [4.69, 9.17) is 11.6 Å². The highest BCUT2D eigenvalue weighted by atomic mass is 35.5. The number of carboxylic acid groups (broad SMARTS) is 1. The first-order chi connectivity index (χ1) is 9.06. The van der Waals surface area contributed by atoms with Crippen LogP contribution in [0.1, 0.15) is 37.3 Å². The third-order valence-electron chi connectivity index (χ3n) is 3.45. The zero-order valence-corrected chi connectivity index (χ0v) is 11.2. The third kappa shape index (κ3) is 3.70. The maximum atomic E-state index is 11.8. The molecule has 5 heteroatoms. The number of hydrogen-bond acceptors (Lipinski definition) is 2. The summed E-state index contributed by atoms with van der Waals surface area (Å²) in [6, 6.07) is 5.45. The van der Waals surface area contributed by atoms with Crippen molar-refractivity contribution in [3.8, 4) is 0 Å². The minimum Gasteiger partial charge on any atom is -0.479 e. The van der Waals surface area contributed by atoms with Gasteiger partial charge in [0.1, 0.15) is 0 Å². The van der Waals surface area contributed by atoms with Gasteiger partial charge in [-0.2, -0.15) is 0 Å². The van der Waals surface area contributed by atoms with Crippen LogP contribution in [0.5, 0.6) is 0 Å². The van der Waals surface area contributed by atoms with Crippen molar-refractivity contribution in [3.05, 3.63) is 34.9 Å². The quantitative estimate of drug-likeness (QED) is 0.872. The molecule has 1 aliphatic carbocycles. The van der Waals surface area contributed by atoms with Crippen LogP contribution in [0.25, 0.3) is 0 Å². The Balaban J connectivity index is 2.01. The van der Waals surface area contributed by atoms with Crippen LogP contribution in [-0.4, -0.2) is 17.0 Å². The lowest BCUT2D eigenvalue weighted by molar-refractivity contribution is -0.142. The van der Waals surface area contributed by atoms with Crippen LogP contribution in [0.4, 0.5) is 0 Å². The van der Waals surface area contributed by atoms with E-state index in [0.29, 0.717) is 22.9 Å². The highest BCUT2D eigenvalue weighted by Gasteiger charge is 2.25. The summed E-state index contributed by atoms with van der Waals surface area (Å²) in [7, 11) is 0. The molecule has 1 unspecified atom stereocenters. The molecule has 1 aromatic carbocycles. The number of carbonyl (C=O) groups is 2. The smallest absolute Gasteiger partial charge is 0.330 e. The Morgan fingerprint density at radius 1 is 1.32 bits per heavy atom. The number of rotatable bonds is 5. The maximum Gasteiger partial charge on any atom is 0.330 e. The van der Waals surface area contributed by atoms with Gasteiger partial charge in [-0.1, -0.05) is 30.2 Å². The van der Waals surface area contributed by atoms with Crippen molar-refractivity contribution in [1.82, 2.24) is 5.32 Å². The van der Waals surface area contributed by atoms with Gasteiger partial charge in [-0.3, -0.25) is 4.79 Å². The van der Waals surface area contributed by atoms with Crippen molar-refractivity contribution >= 4 is 23.5 Å². The first-order valence-corrected chi connectivity index (χ1v) is 6.71. The summed E-state index contributed by atoms with van der Waals surface area (Å²) < 4.78 is 0. The van der Waals surface area contributed by atoms with Crippen molar-refractivity contribution in [3.63, 3.8) is 0 Å². The number of aliphatic carboxylic acids is 1. The molecule has 2 N–H and O–H groups in total. The zero-order chi connectivity index (χ0) is 13.8. The Bertz CT molecular complexity index is 468. The van der Waals surface area contributed by atoms with Crippen LogP contribution in [0.3, 0.4) is 0 Å². The lowest BCUT2D eigenvalue weighted by Crippen LogP contribution is -2.35. The fourth-order valence-corrected chi connectivity index (χ4v) is 2.25. The summed E-state index contributed by atoms with van der Waals surface area (Å²) in [6.45, 7) is 0. The van der Waals surface area contributed by atoms with Gasteiger partial charge < -0.3 is 10.4 Å². The minimum atomic E-state index is -1.07. The largest absolute Gasteiger partial charge is 0.479 e. The first kappa shape index (κ1) is 13.9. The normalized spacial score (nSPS) is 16.5. The number of hydrogen-bond donors (Lipinski definition) is 2. The summed E-state index contributed by atoms with van der Waals surface area (Å²) in [6.07, 6.45) is 3.70. The topological polar surface area (TPSA) is 66.4 Å². The van der Waals surface area contributed by atoms with Crippen molar-refractivity contribution < 1.29 is 14.7 Å². The minimum absolute atomic E-state index is 0.202. The van der Waals surface area contributed by atoms with Gasteiger partial charge in [0.05, 0.1) is 0 Å². The van der Waals surface area contributed by atoms with Crippen LogP contribution in [0.2, 0.25) is 5.02 Å². The highest BCUT2D eigenvalue weighted by Crippen LogP contribution is 2.29. The van der Waals surface area contributed by atoms with Crippen molar-refractivity contribution in [1.29, 1.82) is 0 Å². The van der Waals surface area contributed by atoms with Gasteiger partial charge in [-0.05, 0) is 36.5 Å². The summed E-state index contributed by atoms with van der Waals surface area (Å²) in [5.74, 6) is -0.851. The molecule has 1 fully saturated rings. The number of nitrogens with one attached hydrogen (secondary N) is 1. The molecule has 1 aliphatic rings. The van der Waals surface area contributed by atoms with E-state index in [9.17, 15) is 14.7 Å². The van der Waals surface area contributed by atoms with E-state index < -0.39 is 12.0 Å². The molecular formula is C14H16ClNO3. The van der Waals surface area contributed by atoms with E-state index in [2.05, 4.69) is 5.32 Å². The fraction of sp³-hybridized carbons (Fsp3) is 0.429. The molecule has 0 radical (unpaired) electrons. The van der Waals surface area contributed by atoms with E-state index in [1.54, 1.807) is 24.3 Å². The molecule has 102 valence electrons. The SMILES string of the molecule is O=C(CC1CCC1)NC(C(=O)O)c1ccc(Cl)cc1. The summed E-state index contributed by atoms with van der Waals surface area (Å²) in [5, 5.41) is 12.3. The van der Waals surface area contributed by atoms with Crippen LogP contribution >= 0.6 is 11.6 Å². The maximum absolute atomic E-state index is 11.8. The Kier molecular flexibility index (Phi) is 4.43. The third-order valence-corrected chi connectivity index (χ3v) is 3.71. The average Bonchev–Trinajstić information content (AvgIpc) is 2.32. The molecule has 1 atom stereocenters. The fourth-order valence-electron chi connectivity index (χ4n) is 2.12. The van der Waals surface area contributed by atoms with E-state index in [1.807, 2.05) is 0 Å². The Morgan fingerprint density at radius 3 is 2.42 bits per heavy atom. The van der Waals surface area contributed by atoms with Gasteiger partial charge in [0.25, 0.3) is 0 Å². The standard InChI is InChI=1S/C14H16ClNO3/c15-11-6-4-10(5-7-11)13(14(18)19)16-12(17)8-9-2-1-3-9/h4-7,9,13H,1-3,8H2,(H,16,17)(H,18,19). The molecule has 1 amide bonds. The molecule has 0 saturated heterocycles. The molecule has 4 nitrogen and oxygen atoms in total. The van der Waals surface area contributed by atoms with Crippen LogP contribution in [0.15, 0.2) is 24.3 Å². The molecule has 19 heavy (non-hydrogen) atoms. The Morgan fingerprint density at radius 2 is 1.95 bits per heavy atom. The number of benzene rings is 1. The second-order valence-corrected chi connectivity index (χ2v) is 5.33. The lowest BCUT2D eigenvalue weighted by Gasteiger charge is -2.25. The number of halogens is 1. The Hall–Kier alpha value is -1.55. The monoisotopic (exact) mass is 281 g/mol. The Labute approximate surface area is 116 Å². The molecule has 0 bridgehead atoms. The van der Waals surface area contributed by atoms with Crippen LogP contribution in [0, 0.1) is 5.92 Å². The van der Waals surface area contributed by atoms with E-state index in [-0.39, 0.29) is 5.91 Å². The molecule has 0 aliphatic heterocycles. The average molecular weight is 282 g/mol. The van der Waals surface area contributed by atoms with Crippen molar-refractivity contribution in [2.75, 3.05) is 0 Å². The molecular weight excluding hydrogens is 266 g/mol. The van der Waals surface area contributed by atoms with E-state index >= 15 is 0 Å². The van der Waals surface area contributed by atoms with Gasteiger partial charge in [0.2, 0.25) is 5.91 Å². The predicted molar refractivity (Wildman–Crippen MR) is 71.9 cm³/mol. The second-order valence-electron chi connectivity index (χ2n) is 4.89. The summed E-state index contributed by atoms with van der Waals surface area (Å²) >= 11 is 5.76. The van der Waals surface area contributed by atoms with Crippen LogP contribution in [-0.2, 0) is 9.59 Å². The number of carboxylic acids is 1. The molecule has 2 rings (SSSR count). The molecule has 1 saturated carbocycles. The van der Waals surface area contributed by atoms with Crippen LogP contribution < -0.4 is 5.32 Å². The van der Waals surface area contributed by atoms with Gasteiger partial charge in [0, 0.05) is 11.4 Å². The van der Waals surface area contributed by atoms with E-state index in [1.165, 1.54) is 0 Å². The summed E-state index contributed by atoms with van der Waals surface area (Å²) in [4.78, 5) is 23.0. The molecule has 0 heterocycles. The second kappa shape index (κ2) is 6.06. The van der Waals surface area contributed by atoms with Gasteiger partial charge in [-0.25, -0.2) is 4.79 Å². The first-order valence-electron chi connectivity index (χ1n) is 6.34. The highest BCUT2D eigenvalue weighted by molar-refractivity contribution is 6.30. The molecule has 1 aromatic rings. The van der Waals surface area contributed by atoms with Gasteiger partial charge >= 0.3 is 5.97 Å².